The molecule has 6 heteroatoms. The highest BCUT2D eigenvalue weighted by molar-refractivity contribution is 5.99. The summed E-state index contributed by atoms with van der Waals surface area (Å²) in [4.78, 5) is 17.6. The quantitative estimate of drug-likeness (QED) is 0.722. The highest BCUT2D eigenvalue weighted by Gasteiger charge is 2.37. The van der Waals surface area contributed by atoms with Crippen LogP contribution in [0.25, 0.3) is 0 Å². The fourth-order valence-electron chi connectivity index (χ4n) is 4.60. The van der Waals surface area contributed by atoms with Gasteiger partial charge >= 0.3 is 0 Å². The molecule has 5 rings (SSSR count). The van der Waals surface area contributed by atoms with Gasteiger partial charge in [-0.15, -0.1) is 0 Å². The molecule has 1 unspecified atom stereocenters. The van der Waals surface area contributed by atoms with Gasteiger partial charge < -0.3 is 10.6 Å². The van der Waals surface area contributed by atoms with Crippen molar-refractivity contribution in [1.29, 1.82) is 0 Å². The minimum Gasteiger partial charge on any atom is -0.361 e. The van der Waals surface area contributed by atoms with Gasteiger partial charge in [0.2, 0.25) is 0 Å². The number of anilines is 1. The van der Waals surface area contributed by atoms with E-state index < -0.39 is 0 Å². The molecule has 148 valence electrons. The fourth-order valence-corrected chi connectivity index (χ4v) is 4.60. The largest absolute Gasteiger partial charge is 0.361 e. The topological polar surface area (TPSA) is 71.8 Å². The van der Waals surface area contributed by atoms with Gasteiger partial charge in [0.25, 0.3) is 5.91 Å². The van der Waals surface area contributed by atoms with Crippen LogP contribution in [0.3, 0.4) is 0 Å². The molecule has 1 aliphatic heterocycles. The summed E-state index contributed by atoms with van der Waals surface area (Å²) < 4.78 is 1.94. The molecule has 0 saturated heterocycles. The maximum Gasteiger partial charge on any atom is 0.256 e. The summed E-state index contributed by atoms with van der Waals surface area (Å²) in [5.41, 5.74) is 4.00. The third-order valence-corrected chi connectivity index (χ3v) is 6.03. The van der Waals surface area contributed by atoms with Crippen LogP contribution in [-0.4, -0.2) is 26.7 Å². The number of benzene rings is 1. The van der Waals surface area contributed by atoms with Gasteiger partial charge in [-0.1, -0.05) is 30.3 Å². The second-order valence-corrected chi connectivity index (χ2v) is 8.63. The van der Waals surface area contributed by atoms with Gasteiger partial charge in [-0.05, 0) is 56.4 Å². The number of amides is 1. The van der Waals surface area contributed by atoms with Gasteiger partial charge in [-0.2, -0.15) is 5.10 Å². The lowest BCUT2D eigenvalue weighted by Crippen LogP contribution is -2.39. The molecule has 1 aliphatic carbocycles. The number of carbonyl (C=O) groups is 1. The van der Waals surface area contributed by atoms with Crippen molar-refractivity contribution in [2.24, 2.45) is 0 Å². The summed E-state index contributed by atoms with van der Waals surface area (Å²) in [6, 6.07) is 14.5. The molecule has 0 radical (unpaired) electrons. The van der Waals surface area contributed by atoms with E-state index in [9.17, 15) is 4.79 Å². The van der Waals surface area contributed by atoms with E-state index in [-0.39, 0.29) is 23.5 Å². The second-order valence-electron chi connectivity index (χ2n) is 8.63. The number of nitrogens with one attached hydrogen (secondary N) is 2. The smallest absolute Gasteiger partial charge is 0.256 e. The van der Waals surface area contributed by atoms with Crippen molar-refractivity contribution in [3.63, 3.8) is 0 Å². The van der Waals surface area contributed by atoms with E-state index in [1.54, 1.807) is 12.4 Å². The van der Waals surface area contributed by atoms with E-state index in [0.29, 0.717) is 5.56 Å². The zero-order valence-electron chi connectivity index (χ0n) is 16.7. The van der Waals surface area contributed by atoms with Crippen LogP contribution >= 0.6 is 0 Å². The van der Waals surface area contributed by atoms with E-state index in [1.807, 2.05) is 22.9 Å². The van der Waals surface area contributed by atoms with Gasteiger partial charge in [0.15, 0.2) is 0 Å². The summed E-state index contributed by atoms with van der Waals surface area (Å²) in [5, 5.41) is 11.3. The number of nitrogens with zero attached hydrogens (tertiary/aromatic N) is 3. The second kappa shape index (κ2) is 6.72. The highest BCUT2D eigenvalue weighted by Crippen LogP contribution is 2.39. The molecule has 2 N–H and O–H groups in total. The molecular weight excluding hydrogens is 362 g/mol. The van der Waals surface area contributed by atoms with Crippen LogP contribution in [0.4, 0.5) is 5.82 Å². The first-order valence-electron chi connectivity index (χ1n) is 10.1. The van der Waals surface area contributed by atoms with Crippen LogP contribution in [0.1, 0.15) is 53.5 Å². The van der Waals surface area contributed by atoms with Gasteiger partial charge in [0, 0.05) is 12.2 Å². The maximum atomic E-state index is 13.1. The monoisotopic (exact) mass is 387 g/mol. The molecule has 0 fully saturated rings. The molecule has 0 bridgehead atoms. The number of carbonyl (C=O) groups excluding carboxylic acids is 1. The average Bonchev–Trinajstić information content (AvgIpc) is 3.32. The predicted molar refractivity (Wildman–Crippen MR) is 112 cm³/mol. The number of pyridine rings is 1. The summed E-state index contributed by atoms with van der Waals surface area (Å²) in [5.74, 6) is 0.693. The first-order chi connectivity index (χ1) is 14.0. The van der Waals surface area contributed by atoms with Gasteiger partial charge in [0.05, 0.1) is 23.5 Å². The summed E-state index contributed by atoms with van der Waals surface area (Å²) in [6.07, 6.45) is 6.09. The molecule has 1 aromatic carbocycles. The maximum absolute atomic E-state index is 13.1. The van der Waals surface area contributed by atoms with Crippen molar-refractivity contribution in [2.75, 3.05) is 5.32 Å². The Balaban J connectivity index is 1.39. The summed E-state index contributed by atoms with van der Waals surface area (Å²) >= 11 is 0. The first kappa shape index (κ1) is 17.9. The van der Waals surface area contributed by atoms with E-state index in [1.165, 1.54) is 11.1 Å². The van der Waals surface area contributed by atoms with Crippen molar-refractivity contribution < 1.29 is 4.79 Å². The van der Waals surface area contributed by atoms with Crippen LogP contribution < -0.4 is 10.6 Å². The molecule has 2 aromatic heterocycles. The molecule has 0 saturated carbocycles. The minimum atomic E-state index is -0.217. The van der Waals surface area contributed by atoms with Gasteiger partial charge in [0.1, 0.15) is 11.4 Å². The van der Waals surface area contributed by atoms with Crippen LogP contribution in [0.2, 0.25) is 0 Å². The van der Waals surface area contributed by atoms with Crippen molar-refractivity contribution >= 4 is 11.7 Å². The standard InChI is InChI=1S/C23H25N5O/c1-23(2)13-20(19-9-5-6-10-24-19)27-21-18(14-25-28(21)23)22(29)26-17-11-15-7-3-4-8-16(15)12-17/h3-10,14,17,20,27H,11-13H2,1-2H3,(H,26,29). The zero-order chi connectivity index (χ0) is 20.0. The number of hydrogen-bond acceptors (Lipinski definition) is 4. The Morgan fingerprint density at radius 3 is 2.55 bits per heavy atom. The lowest BCUT2D eigenvalue weighted by atomic mass is 9.91. The average molecular weight is 387 g/mol. The molecule has 3 heterocycles. The number of hydrogen-bond donors (Lipinski definition) is 2. The normalized spacial score (nSPS) is 19.9. The highest BCUT2D eigenvalue weighted by atomic mass is 16.1. The summed E-state index contributed by atoms with van der Waals surface area (Å²) in [6.45, 7) is 4.30. The van der Waals surface area contributed by atoms with Crippen molar-refractivity contribution in [3.05, 3.63) is 77.2 Å². The molecule has 6 nitrogen and oxygen atoms in total. The Morgan fingerprint density at radius 2 is 1.86 bits per heavy atom. The molecular formula is C23H25N5O. The van der Waals surface area contributed by atoms with Crippen molar-refractivity contribution in [1.82, 2.24) is 20.1 Å². The Bertz CT molecular complexity index is 1030. The van der Waals surface area contributed by atoms with E-state index in [4.69, 9.17) is 0 Å². The van der Waals surface area contributed by atoms with Crippen LogP contribution in [0, 0.1) is 0 Å². The van der Waals surface area contributed by atoms with Crippen molar-refractivity contribution in [3.8, 4) is 0 Å². The SMILES string of the molecule is CC1(C)CC(c2ccccn2)Nc2c(C(=O)NC3Cc4ccccc4C3)cnn21. The van der Waals surface area contributed by atoms with E-state index >= 15 is 0 Å². The van der Waals surface area contributed by atoms with E-state index in [2.05, 4.69) is 58.8 Å². The van der Waals surface area contributed by atoms with Crippen LogP contribution in [0.15, 0.2) is 54.9 Å². The zero-order valence-corrected chi connectivity index (χ0v) is 16.7. The number of aromatic nitrogens is 3. The van der Waals surface area contributed by atoms with Crippen LogP contribution in [0.5, 0.6) is 0 Å². The Hall–Kier alpha value is -3.15. The molecule has 2 aliphatic rings. The Morgan fingerprint density at radius 1 is 1.14 bits per heavy atom. The van der Waals surface area contributed by atoms with Gasteiger partial charge in [-0.25, -0.2) is 4.68 Å². The number of rotatable bonds is 3. The molecule has 3 aromatic rings. The Kier molecular flexibility index (Phi) is 4.15. The van der Waals surface area contributed by atoms with Crippen molar-refractivity contribution in [2.45, 2.75) is 50.7 Å². The third kappa shape index (κ3) is 3.18. The molecule has 1 amide bonds. The molecule has 29 heavy (non-hydrogen) atoms. The molecule has 0 spiro atoms. The van der Waals surface area contributed by atoms with Gasteiger partial charge in [-0.3, -0.25) is 9.78 Å². The minimum absolute atomic E-state index is 0.0395. The first-order valence-corrected chi connectivity index (χ1v) is 10.1. The summed E-state index contributed by atoms with van der Waals surface area (Å²) in [7, 11) is 0. The number of fused-ring (bicyclic) bond motifs is 2. The van der Waals surface area contributed by atoms with E-state index in [0.717, 1.165) is 30.8 Å². The lowest BCUT2D eigenvalue weighted by Gasteiger charge is -2.37. The fraction of sp³-hybridized carbons (Fsp3) is 0.348. The molecule has 1 atom stereocenters. The Labute approximate surface area is 170 Å². The lowest BCUT2D eigenvalue weighted by molar-refractivity contribution is 0.0939. The third-order valence-electron chi connectivity index (χ3n) is 6.03. The van der Waals surface area contributed by atoms with Crippen LogP contribution in [-0.2, 0) is 18.4 Å². The predicted octanol–water partition coefficient (Wildman–Crippen LogP) is 3.47.